The van der Waals surface area contributed by atoms with Crippen molar-refractivity contribution < 1.29 is 9.79 Å². The zero-order valence-corrected chi connectivity index (χ0v) is 5.27. The third-order valence-corrected chi connectivity index (χ3v) is 1.32. The van der Waals surface area contributed by atoms with E-state index in [1.165, 1.54) is 0 Å². The summed E-state index contributed by atoms with van der Waals surface area (Å²) in [4.78, 5) is 13.0. The van der Waals surface area contributed by atoms with Crippen LogP contribution in [0.4, 0.5) is 0 Å². The summed E-state index contributed by atoms with van der Waals surface area (Å²) >= 11 is 0. The molecule has 1 N–H and O–H groups in total. The molecule has 2 nitrogen and oxygen atoms in total. The van der Waals surface area contributed by atoms with Crippen molar-refractivity contribution >= 4 is 12.2 Å². The third kappa shape index (κ3) is 1.15. The lowest BCUT2D eigenvalue weighted by Crippen LogP contribution is -2.62. The Morgan fingerprint density at radius 1 is 1.78 bits per heavy atom. The van der Waals surface area contributed by atoms with Crippen molar-refractivity contribution in [2.24, 2.45) is 0 Å². The van der Waals surface area contributed by atoms with E-state index in [4.69, 9.17) is 0 Å². The highest BCUT2D eigenvalue weighted by molar-refractivity contribution is 5.70. The van der Waals surface area contributed by atoms with Crippen LogP contribution in [0.2, 0.25) is 0 Å². The average molecular weight is 122 g/mol. The van der Waals surface area contributed by atoms with Gasteiger partial charge in [0.2, 0.25) is 0 Å². The molecule has 2 heteroatoms. The molecule has 0 amide bonds. The molecule has 0 spiro atoms. The van der Waals surface area contributed by atoms with Gasteiger partial charge in [0, 0.05) is 5.57 Å². The molecule has 0 saturated carbocycles. The fourth-order valence-electron chi connectivity index (χ4n) is 0.715. The van der Waals surface area contributed by atoms with Gasteiger partial charge in [0.05, 0.1) is 12.0 Å². The number of hydrogen-bond donors (Lipinski definition) is 1. The second-order valence-electron chi connectivity index (χ2n) is 1.98. The van der Waals surface area contributed by atoms with Gasteiger partial charge in [-0.2, -0.15) is 0 Å². The van der Waals surface area contributed by atoms with E-state index in [0.717, 1.165) is 11.1 Å². The maximum atomic E-state index is 10.1. The van der Waals surface area contributed by atoms with Gasteiger partial charge < -0.3 is 0 Å². The topological polar surface area (TPSA) is 31.0 Å². The predicted molar refractivity (Wildman–Crippen MR) is 34.6 cm³/mol. The number of nitrogens with one attached hydrogen (secondary N) is 1. The van der Waals surface area contributed by atoms with Crippen LogP contribution in [0.5, 0.6) is 0 Å². The van der Waals surface area contributed by atoms with Crippen LogP contribution >= 0.6 is 0 Å². The van der Waals surface area contributed by atoms with Gasteiger partial charge in [-0.3, -0.25) is 0 Å². The summed E-state index contributed by atoms with van der Waals surface area (Å²) in [6.07, 6.45) is 4.31. The van der Waals surface area contributed by atoms with Crippen LogP contribution in [-0.4, -0.2) is 12.2 Å². The van der Waals surface area contributed by atoms with Crippen molar-refractivity contribution in [3.63, 3.8) is 0 Å². The van der Waals surface area contributed by atoms with E-state index in [1.54, 1.807) is 6.20 Å². The highest BCUT2D eigenvalue weighted by atomic mass is 16.1. The van der Waals surface area contributed by atoms with E-state index >= 15 is 0 Å². The van der Waals surface area contributed by atoms with Crippen LogP contribution in [-0.2, 0) is 4.79 Å². The van der Waals surface area contributed by atoms with Crippen molar-refractivity contribution in [2.75, 3.05) is 0 Å². The first-order valence-electron chi connectivity index (χ1n) is 2.83. The van der Waals surface area contributed by atoms with Gasteiger partial charge in [-0.05, 0) is 6.92 Å². The number of carbonyl (C=O) groups excluding carboxylic acids is 1. The molecular weight excluding hydrogens is 114 g/mol. The van der Waals surface area contributed by atoms with Crippen LogP contribution < -0.4 is 4.99 Å². The summed E-state index contributed by atoms with van der Waals surface area (Å²) in [6, 6.07) is 0. The Kier molecular flexibility index (Phi) is 1.61. The minimum absolute atomic E-state index is 0.686. The van der Waals surface area contributed by atoms with Crippen molar-refractivity contribution in [1.82, 2.24) is 0 Å². The Morgan fingerprint density at radius 3 is 3.00 bits per heavy atom. The SMILES string of the molecule is CC1=C[NH+]=CCC1=C=O. The molecule has 1 rings (SSSR count). The van der Waals surface area contributed by atoms with Crippen LogP contribution in [0.3, 0.4) is 0 Å². The Morgan fingerprint density at radius 2 is 2.56 bits per heavy atom. The second kappa shape index (κ2) is 2.42. The minimum Gasteiger partial charge on any atom is -0.233 e. The molecule has 0 aromatic heterocycles. The van der Waals surface area contributed by atoms with Crippen LogP contribution in [0, 0.1) is 0 Å². The summed E-state index contributed by atoms with van der Waals surface area (Å²) in [6.45, 7) is 1.89. The second-order valence-corrected chi connectivity index (χ2v) is 1.98. The van der Waals surface area contributed by atoms with E-state index in [-0.39, 0.29) is 0 Å². The maximum absolute atomic E-state index is 10.1. The van der Waals surface area contributed by atoms with Gasteiger partial charge in [0.1, 0.15) is 12.2 Å². The quantitative estimate of drug-likeness (QED) is 0.419. The smallest absolute Gasteiger partial charge is 0.170 e. The normalized spacial score (nSPS) is 17.0. The van der Waals surface area contributed by atoms with Crippen molar-refractivity contribution in [3.05, 3.63) is 17.3 Å². The first-order chi connectivity index (χ1) is 4.34. The first-order valence-corrected chi connectivity index (χ1v) is 2.83. The van der Waals surface area contributed by atoms with Crippen LogP contribution in [0.25, 0.3) is 0 Å². The molecule has 0 aromatic rings. The standard InChI is InChI=1S/C7H7NO/c1-6-4-8-3-2-7(6)5-9/h3-4H,2H2,1H3/p+1. The highest BCUT2D eigenvalue weighted by Crippen LogP contribution is 2.06. The molecule has 0 unspecified atom stereocenters. The van der Waals surface area contributed by atoms with E-state index in [2.05, 4.69) is 4.99 Å². The number of rotatable bonds is 0. The zero-order chi connectivity index (χ0) is 6.69. The predicted octanol–water partition coefficient (Wildman–Crippen LogP) is -0.797. The van der Waals surface area contributed by atoms with Crippen molar-refractivity contribution in [3.8, 4) is 0 Å². The molecular formula is C7H8NO+. The van der Waals surface area contributed by atoms with Gasteiger partial charge >= 0.3 is 0 Å². The Labute approximate surface area is 53.6 Å². The molecule has 0 saturated heterocycles. The lowest BCUT2D eigenvalue weighted by Gasteiger charge is -1.96. The molecule has 46 valence electrons. The molecule has 0 aromatic carbocycles. The summed E-state index contributed by atoms with van der Waals surface area (Å²) in [7, 11) is 0. The summed E-state index contributed by atoms with van der Waals surface area (Å²) in [5.41, 5.74) is 1.72. The fraction of sp³-hybridized carbons (Fsp3) is 0.286. The lowest BCUT2D eigenvalue weighted by atomic mass is 10.1. The van der Waals surface area contributed by atoms with Gasteiger partial charge in [-0.1, -0.05) is 0 Å². The highest BCUT2D eigenvalue weighted by Gasteiger charge is 2.05. The van der Waals surface area contributed by atoms with Gasteiger partial charge in [0.25, 0.3) is 0 Å². The van der Waals surface area contributed by atoms with Gasteiger partial charge in [0.15, 0.2) is 6.20 Å². The molecule has 0 fully saturated rings. The van der Waals surface area contributed by atoms with Gasteiger partial charge in [-0.15, -0.1) is 0 Å². The van der Waals surface area contributed by atoms with Crippen molar-refractivity contribution in [1.29, 1.82) is 0 Å². The molecule has 1 heterocycles. The Balaban J connectivity index is 2.96. The molecule has 0 radical (unpaired) electrons. The number of hydrogen-bond acceptors (Lipinski definition) is 1. The lowest BCUT2D eigenvalue weighted by molar-refractivity contribution is -0.370. The molecule has 1 aliphatic rings. The van der Waals surface area contributed by atoms with E-state index < -0.39 is 0 Å². The summed E-state index contributed by atoms with van der Waals surface area (Å²) in [5.74, 6) is 1.88. The Hall–Kier alpha value is -1.14. The fourth-order valence-corrected chi connectivity index (χ4v) is 0.715. The van der Waals surface area contributed by atoms with E-state index in [9.17, 15) is 4.79 Å². The molecule has 0 atom stereocenters. The van der Waals surface area contributed by atoms with Crippen LogP contribution in [0.15, 0.2) is 17.3 Å². The number of allylic oxidation sites excluding steroid dienone is 2. The van der Waals surface area contributed by atoms with E-state index in [0.29, 0.717) is 6.42 Å². The largest absolute Gasteiger partial charge is 0.233 e. The summed E-state index contributed by atoms with van der Waals surface area (Å²) < 4.78 is 0. The first kappa shape index (κ1) is 5.99. The maximum Gasteiger partial charge on any atom is 0.170 e. The third-order valence-electron chi connectivity index (χ3n) is 1.32. The summed E-state index contributed by atoms with van der Waals surface area (Å²) in [5, 5.41) is 0. The molecule has 0 aliphatic carbocycles. The van der Waals surface area contributed by atoms with E-state index in [1.807, 2.05) is 19.1 Å². The van der Waals surface area contributed by atoms with Crippen LogP contribution in [0.1, 0.15) is 13.3 Å². The average Bonchev–Trinajstić information content (AvgIpc) is 1.89. The minimum atomic E-state index is 0.686. The Bertz CT molecular complexity index is 219. The zero-order valence-electron chi connectivity index (χ0n) is 5.27. The molecule has 0 bridgehead atoms. The molecule has 9 heavy (non-hydrogen) atoms. The molecule has 1 aliphatic heterocycles. The van der Waals surface area contributed by atoms with Crippen molar-refractivity contribution in [2.45, 2.75) is 13.3 Å². The van der Waals surface area contributed by atoms with Gasteiger partial charge in [-0.25, -0.2) is 9.79 Å². The monoisotopic (exact) mass is 122 g/mol.